The van der Waals surface area contributed by atoms with E-state index in [9.17, 15) is 9.18 Å². The molecule has 1 aliphatic rings. The van der Waals surface area contributed by atoms with Crippen LogP contribution in [-0.4, -0.2) is 36.6 Å². The van der Waals surface area contributed by atoms with Crippen LogP contribution in [0.25, 0.3) is 10.9 Å². The van der Waals surface area contributed by atoms with Crippen molar-refractivity contribution in [1.82, 2.24) is 9.88 Å². The maximum atomic E-state index is 13.5. The van der Waals surface area contributed by atoms with E-state index in [0.29, 0.717) is 23.0 Å². The van der Waals surface area contributed by atoms with Gasteiger partial charge >= 0.3 is 5.97 Å². The molecule has 3 rings (SSSR count). The summed E-state index contributed by atoms with van der Waals surface area (Å²) >= 11 is 0. The first-order valence-electron chi connectivity index (χ1n) is 6.48. The molecule has 1 aliphatic heterocycles. The zero-order valence-corrected chi connectivity index (χ0v) is 11.4. The molecule has 0 aliphatic carbocycles. The summed E-state index contributed by atoms with van der Waals surface area (Å²) in [4.78, 5) is 18.8. The van der Waals surface area contributed by atoms with Crippen molar-refractivity contribution in [2.24, 2.45) is 0 Å². The molecule has 0 amide bonds. The van der Waals surface area contributed by atoms with Crippen LogP contribution in [0, 0.1) is 5.82 Å². The van der Waals surface area contributed by atoms with Crippen LogP contribution in [0.15, 0.2) is 18.2 Å². The maximum Gasteiger partial charge on any atom is 0.338 e. The molecule has 0 saturated heterocycles. The van der Waals surface area contributed by atoms with E-state index < -0.39 is 5.97 Å². The molecule has 0 fully saturated rings. The SMILES string of the molecule is COC(=O)c1c2c(nc3ccc(F)cc13)CCN(C)C2. The predicted molar refractivity (Wildman–Crippen MR) is 73.1 cm³/mol. The van der Waals surface area contributed by atoms with Gasteiger partial charge in [-0.05, 0) is 25.2 Å². The number of carbonyl (C=O) groups is 1. The van der Waals surface area contributed by atoms with Crippen LogP contribution >= 0.6 is 0 Å². The number of pyridine rings is 1. The highest BCUT2D eigenvalue weighted by molar-refractivity contribution is 6.05. The lowest BCUT2D eigenvalue weighted by molar-refractivity contribution is 0.0600. The van der Waals surface area contributed by atoms with Crippen molar-refractivity contribution in [2.75, 3.05) is 20.7 Å². The minimum Gasteiger partial charge on any atom is -0.465 e. The summed E-state index contributed by atoms with van der Waals surface area (Å²) in [5, 5.41) is 0.519. The van der Waals surface area contributed by atoms with Crippen LogP contribution in [0.3, 0.4) is 0 Å². The van der Waals surface area contributed by atoms with E-state index in [2.05, 4.69) is 9.88 Å². The van der Waals surface area contributed by atoms with E-state index >= 15 is 0 Å². The second kappa shape index (κ2) is 4.83. The number of aromatic nitrogens is 1. The number of halogens is 1. The molecule has 0 bridgehead atoms. The van der Waals surface area contributed by atoms with E-state index in [1.165, 1.54) is 19.2 Å². The number of esters is 1. The number of hydrogen-bond acceptors (Lipinski definition) is 4. The average molecular weight is 274 g/mol. The van der Waals surface area contributed by atoms with Crippen LogP contribution in [0.2, 0.25) is 0 Å². The lowest BCUT2D eigenvalue weighted by Gasteiger charge is -2.26. The van der Waals surface area contributed by atoms with Gasteiger partial charge in [-0.2, -0.15) is 0 Å². The van der Waals surface area contributed by atoms with Gasteiger partial charge in [-0.3, -0.25) is 4.98 Å². The van der Waals surface area contributed by atoms with Crippen molar-refractivity contribution < 1.29 is 13.9 Å². The first-order valence-corrected chi connectivity index (χ1v) is 6.48. The van der Waals surface area contributed by atoms with E-state index in [0.717, 1.165) is 24.2 Å². The Bertz CT molecular complexity index is 700. The van der Waals surface area contributed by atoms with Gasteiger partial charge in [0.1, 0.15) is 5.82 Å². The molecule has 0 saturated carbocycles. The summed E-state index contributed by atoms with van der Waals surface area (Å²) in [6.45, 7) is 1.52. The third-order valence-corrected chi connectivity index (χ3v) is 3.68. The van der Waals surface area contributed by atoms with Gasteiger partial charge in [0.2, 0.25) is 0 Å². The number of fused-ring (bicyclic) bond motifs is 2. The molecule has 2 aromatic rings. The summed E-state index contributed by atoms with van der Waals surface area (Å²) in [5.74, 6) is -0.817. The molecule has 0 radical (unpaired) electrons. The summed E-state index contributed by atoms with van der Waals surface area (Å²) in [7, 11) is 3.33. The molecule has 5 heteroatoms. The Morgan fingerprint density at radius 2 is 2.25 bits per heavy atom. The Kier molecular flexibility index (Phi) is 3.14. The Labute approximate surface area is 116 Å². The number of ether oxygens (including phenoxy) is 1. The molecule has 0 N–H and O–H groups in total. The van der Waals surface area contributed by atoms with Crippen molar-refractivity contribution in [3.63, 3.8) is 0 Å². The molecule has 20 heavy (non-hydrogen) atoms. The molecule has 104 valence electrons. The monoisotopic (exact) mass is 274 g/mol. The quantitative estimate of drug-likeness (QED) is 0.747. The zero-order chi connectivity index (χ0) is 14.3. The summed E-state index contributed by atoms with van der Waals surface area (Å²) in [6, 6.07) is 4.32. The molecular formula is C15H15FN2O2. The molecule has 0 unspecified atom stereocenters. The molecule has 2 heterocycles. The third-order valence-electron chi connectivity index (χ3n) is 3.68. The van der Waals surface area contributed by atoms with E-state index in [1.54, 1.807) is 6.07 Å². The normalized spacial score (nSPS) is 15.2. The minimum atomic E-state index is -0.436. The number of benzene rings is 1. The number of rotatable bonds is 1. The van der Waals surface area contributed by atoms with Gasteiger partial charge in [-0.1, -0.05) is 0 Å². The van der Waals surface area contributed by atoms with Crippen molar-refractivity contribution in [3.8, 4) is 0 Å². The fourth-order valence-corrected chi connectivity index (χ4v) is 2.68. The smallest absolute Gasteiger partial charge is 0.338 e. The summed E-state index contributed by atoms with van der Waals surface area (Å²) in [5.41, 5.74) is 2.83. The zero-order valence-electron chi connectivity index (χ0n) is 11.4. The molecule has 1 aromatic carbocycles. The second-order valence-corrected chi connectivity index (χ2v) is 5.05. The largest absolute Gasteiger partial charge is 0.465 e. The number of hydrogen-bond donors (Lipinski definition) is 0. The highest BCUT2D eigenvalue weighted by atomic mass is 19.1. The maximum absolute atomic E-state index is 13.5. The highest BCUT2D eigenvalue weighted by Gasteiger charge is 2.25. The van der Waals surface area contributed by atoms with Gasteiger partial charge in [0.05, 0.1) is 18.2 Å². The predicted octanol–water partition coefficient (Wildman–Crippen LogP) is 2.15. The molecule has 0 atom stereocenters. The molecule has 0 spiro atoms. The van der Waals surface area contributed by atoms with Gasteiger partial charge in [0.25, 0.3) is 0 Å². The van der Waals surface area contributed by atoms with Gasteiger partial charge < -0.3 is 9.64 Å². The Hall–Kier alpha value is -2.01. The van der Waals surface area contributed by atoms with Crippen molar-refractivity contribution in [3.05, 3.63) is 40.8 Å². The van der Waals surface area contributed by atoms with Crippen LogP contribution < -0.4 is 0 Å². The molecule has 1 aromatic heterocycles. The van der Waals surface area contributed by atoms with Crippen molar-refractivity contribution >= 4 is 16.9 Å². The fraction of sp³-hybridized carbons (Fsp3) is 0.333. The van der Waals surface area contributed by atoms with E-state index in [-0.39, 0.29) is 5.82 Å². The van der Waals surface area contributed by atoms with Crippen molar-refractivity contribution in [1.29, 1.82) is 0 Å². The number of nitrogens with zero attached hydrogens (tertiary/aromatic N) is 2. The lowest BCUT2D eigenvalue weighted by atomic mass is 9.96. The van der Waals surface area contributed by atoms with Gasteiger partial charge in [-0.15, -0.1) is 0 Å². The molecular weight excluding hydrogens is 259 g/mol. The Morgan fingerprint density at radius 3 is 3.00 bits per heavy atom. The van der Waals surface area contributed by atoms with Crippen LogP contribution in [-0.2, 0) is 17.7 Å². The third kappa shape index (κ3) is 2.04. The average Bonchev–Trinajstić information content (AvgIpc) is 2.44. The first kappa shape index (κ1) is 13.0. The van der Waals surface area contributed by atoms with Gasteiger partial charge in [0.15, 0.2) is 0 Å². The summed E-state index contributed by atoms with van der Waals surface area (Å²) in [6.07, 6.45) is 0.781. The summed E-state index contributed by atoms with van der Waals surface area (Å²) < 4.78 is 18.4. The molecule has 4 nitrogen and oxygen atoms in total. The second-order valence-electron chi connectivity index (χ2n) is 5.05. The lowest BCUT2D eigenvalue weighted by Crippen LogP contribution is -2.29. The number of carbonyl (C=O) groups excluding carboxylic acids is 1. The number of methoxy groups -OCH3 is 1. The van der Waals surface area contributed by atoms with Gasteiger partial charge in [0, 0.05) is 36.2 Å². The van der Waals surface area contributed by atoms with Gasteiger partial charge in [-0.25, -0.2) is 9.18 Å². The number of likely N-dealkylation sites (N-methyl/N-ethyl adjacent to an activating group) is 1. The fourth-order valence-electron chi connectivity index (χ4n) is 2.68. The Balaban J connectivity index is 2.35. The first-order chi connectivity index (χ1) is 9.60. The topological polar surface area (TPSA) is 42.4 Å². The van der Waals surface area contributed by atoms with E-state index in [4.69, 9.17) is 4.74 Å². The standard InChI is InChI=1S/C15H15FN2O2/c1-18-6-5-13-11(8-18)14(15(19)20-2)10-7-9(16)3-4-12(10)17-13/h3-4,7H,5-6,8H2,1-2H3. The minimum absolute atomic E-state index is 0.381. The van der Waals surface area contributed by atoms with Crippen LogP contribution in [0.4, 0.5) is 4.39 Å². The van der Waals surface area contributed by atoms with Crippen molar-refractivity contribution in [2.45, 2.75) is 13.0 Å². The van der Waals surface area contributed by atoms with Crippen LogP contribution in [0.1, 0.15) is 21.6 Å². The van der Waals surface area contributed by atoms with Crippen LogP contribution in [0.5, 0.6) is 0 Å². The highest BCUT2D eigenvalue weighted by Crippen LogP contribution is 2.28. The Morgan fingerprint density at radius 1 is 1.45 bits per heavy atom. The van der Waals surface area contributed by atoms with E-state index in [1.807, 2.05) is 7.05 Å².